The number of carbonyl (C=O) groups excluding carboxylic acids is 3. The van der Waals surface area contributed by atoms with Gasteiger partial charge in [-0.1, -0.05) is 51.1 Å². The molecule has 0 aliphatic carbocycles. The highest BCUT2D eigenvalue weighted by Gasteiger charge is 2.32. The van der Waals surface area contributed by atoms with Gasteiger partial charge in [0.15, 0.2) is 11.6 Å². The summed E-state index contributed by atoms with van der Waals surface area (Å²) in [7, 11) is 0. The normalized spacial score (nSPS) is 14.6. The van der Waals surface area contributed by atoms with E-state index in [1.165, 1.54) is 0 Å². The summed E-state index contributed by atoms with van der Waals surface area (Å²) in [5.74, 6) is -0.840. The molecule has 0 aliphatic heterocycles. The topological polar surface area (TPSA) is 92.7 Å². The van der Waals surface area contributed by atoms with Gasteiger partial charge in [-0.05, 0) is 51.5 Å². The first kappa shape index (κ1) is 26.8. The molecule has 31 heavy (non-hydrogen) atoms. The van der Waals surface area contributed by atoms with Crippen LogP contribution >= 0.6 is 0 Å². The second-order valence-electron chi connectivity index (χ2n) is 9.61. The van der Waals surface area contributed by atoms with Crippen molar-refractivity contribution in [3.8, 4) is 0 Å². The molecular weight excluding hydrogens is 394 g/mol. The molecular formula is C25H39NO5. The lowest BCUT2D eigenvalue weighted by Crippen LogP contribution is -2.45. The Bertz CT molecular complexity index is 708. The lowest BCUT2D eigenvalue weighted by Gasteiger charge is -2.27. The van der Waals surface area contributed by atoms with Crippen LogP contribution in [0.1, 0.15) is 72.8 Å². The molecule has 0 saturated heterocycles. The Labute approximate surface area is 186 Å². The molecule has 0 saturated carbocycles. The first-order valence-corrected chi connectivity index (χ1v) is 11.2. The molecule has 0 spiro atoms. The monoisotopic (exact) mass is 433 g/mol. The van der Waals surface area contributed by atoms with Gasteiger partial charge in [0.25, 0.3) is 0 Å². The number of benzene rings is 1. The summed E-state index contributed by atoms with van der Waals surface area (Å²) in [4.78, 5) is 37.8. The van der Waals surface area contributed by atoms with Crippen molar-refractivity contribution in [2.75, 3.05) is 0 Å². The van der Waals surface area contributed by atoms with Gasteiger partial charge >= 0.3 is 6.09 Å². The Morgan fingerprint density at radius 2 is 1.68 bits per heavy atom. The van der Waals surface area contributed by atoms with Gasteiger partial charge in [0.1, 0.15) is 11.7 Å². The Morgan fingerprint density at radius 3 is 2.19 bits per heavy atom. The van der Waals surface area contributed by atoms with Crippen molar-refractivity contribution in [2.45, 2.75) is 91.4 Å². The number of rotatable bonds is 12. The fourth-order valence-corrected chi connectivity index (χ4v) is 3.46. The van der Waals surface area contributed by atoms with E-state index >= 15 is 0 Å². The number of alkyl carbamates (subject to hydrolysis) is 1. The summed E-state index contributed by atoms with van der Waals surface area (Å²) in [6, 6.07) is 8.77. The van der Waals surface area contributed by atoms with Crippen LogP contribution in [0.2, 0.25) is 0 Å². The number of aliphatic hydroxyl groups excluding tert-OH is 1. The maximum absolute atomic E-state index is 13.2. The van der Waals surface area contributed by atoms with E-state index in [0.717, 1.165) is 5.56 Å². The van der Waals surface area contributed by atoms with E-state index < -0.39 is 29.8 Å². The summed E-state index contributed by atoms with van der Waals surface area (Å²) in [6.45, 7) is 11.1. The van der Waals surface area contributed by atoms with Gasteiger partial charge in [0.2, 0.25) is 0 Å². The molecule has 0 radical (unpaired) electrons. The van der Waals surface area contributed by atoms with Crippen molar-refractivity contribution in [1.82, 2.24) is 5.32 Å². The van der Waals surface area contributed by atoms with Crippen LogP contribution in [0.3, 0.4) is 0 Å². The SMILES string of the molecule is CCCC(=O)C(O)C(CC(=O)[C@H](CC(C)C)NC(=O)OC(C)(C)C)Cc1ccccc1. The minimum atomic E-state index is -1.22. The highest BCUT2D eigenvalue weighted by atomic mass is 16.6. The predicted octanol–water partition coefficient (Wildman–Crippen LogP) is 4.47. The molecule has 0 bridgehead atoms. The molecule has 6 nitrogen and oxygen atoms in total. The van der Waals surface area contributed by atoms with Gasteiger partial charge in [0.05, 0.1) is 6.04 Å². The van der Waals surface area contributed by atoms with Crippen LogP contribution in [0.4, 0.5) is 4.79 Å². The third-order valence-electron chi connectivity index (χ3n) is 4.86. The van der Waals surface area contributed by atoms with Crippen LogP contribution in [0, 0.1) is 11.8 Å². The second-order valence-corrected chi connectivity index (χ2v) is 9.61. The third kappa shape index (κ3) is 10.6. The predicted molar refractivity (Wildman–Crippen MR) is 122 cm³/mol. The molecule has 6 heteroatoms. The molecule has 1 aromatic carbocycles. The summed E-state index contributed by atoms with van der Waals surface area (Å²) < 4.78 is 5.31. The van der Waals surface area contributed by atoms with E-state index in [-0.39, 0.29) is 30.3 Å². The highest BCUT2D eigenvalue weighted by molar-refractivity contribution is 5.89. The van der Waals surface area contributed by atoms with E-state index in [0.29, 0.717) is 19.3 Å². The van der Waals surface area contributed by atoms with Crippen molar-refractivity contribution in [3.05, 3.63) is 35.9 Å². The van der Waals surface area contributed by atoms with Crippen molar-refractivity contribution in [1.29, 1.82) is 0 Å². The van der Waals surface area contributed by atoms with Crippen LogP contribution in [-0.4, -0.2) is 40.5 Å². The molecule has 2 unspecified atom stereocenters. The van der Waals surface area contributed by atoms with Crippen molar-refractivity contribution < 1.29 is 24.2 Å². The number of aliphatic hydroxyl groups is 1. The van der Waals surface area contributed by atoms with Crippen molar-refractivity contribution in [3.63, 3.8) is 0 Å². The molecule has 1 aromatic rings. The highest BCUT2D eigenvalue weighted by Crippen LogP contribution is 2.21. The summed E-state index contributed by atoms with van der Waals surface area (Å²) in [5, 5.41) is 13.4. The van der Waals surface area contributed by atoms with Gasteiger partial charge in [-0.2, -0.15) is 0 Å². The second kappa shape index (κ2) is 12.6. The zero-order chi connectivity index (χ0) is 23.6. The van der Waals surface area contributed by atoms with Crippen molar-refractivity contribution in [2.24, 2.45) is 11.8 Å². The third-order valence-corrected chi connectivity index (χ3v) is 4.86. The smallest absolute Gasteiger partial charge is 0.408 e. The number of Topliss-reactive ketones (excluding diaryl/α,β-unsaturated/α-hetero) is 2. The lowest BCUT2D eigenvalue weighted by atomic mass is 9.84. The van der Waals surface area contributed by atoms with E-state index in [9.17, 15) is 19.5 Å². The number of ether oxygens (including phenoxy) is 1. The molecule has 174 valence electrons. The van der Waals surface area contributed by atoms with E-state index in [1.54, 1.807) is 20.8 Å². The van der Waals surface area contributed by atoms with Crippen LogP contribution < -0.4 is 5.32 Å². The van der Waals surface area contributed by atoms with Gasteiger partial charge in [-0.3, -0.25) is 9.59 Å². The van der Waals surface area contributed by atoms with Crippen LogP contribution in [0.15, 0.2) is 30.3 Å². The molecule has 1 rings (SSSR count). The minimum absolute atomic E-state index is 0.00129. The van der Waals surface area contributed by atoms with Gasteiger partial charge in [-0.15, -0.1) is 0 Å². The van der Waals surface area contributed by atoms with Gasteiger partial charge < -0.3 is 15.2 Å². The molecule has 0 aromatic heterocycles. The number of nitrogens with one attached hydrogen (secondary N) is 1. The number of hydrogen-bond acceptors (Lipinski definition) is 5. The number of hydrogen-bond donors (Lipinski definition) is 2. The molecule has 0 heterocycles. The Kier molecular flexibility index (Phi) is 10.9. The first-order chi connectivity index (χ1) is 14.4. The molecule has 0 aliphatic rings. The van der Waals surface area contributed by atoms with Gasteiger partial charge in [-0.25, -0.2) is 4.79 Å². The van der Waals surface area contributed by atoms with E-state index in [1.807, 2.05) is 51.1 Å². The standard InChI is InChI=1S/C25H39NO5/c1-7-11-21(27)23(29)19(15-18-12-9-8-10-13-18)16-22(28)20(14-17(2)3)26-24(30)31-25(4,5)6/h8-10,12-13,17,19-20,23,29H,7,11,14-16H2,1-6H3,(H,26,30)/t19?,20-,23?/m0/s1. The largest absolute Gasteiger partial charge is 0.444 e. The number of carbonyl (C=O) groups is 3. The fourth-order valence-electron chi connectivity index (χ4n) is 3.46. The Hall–Kier alpha value is -2.21. The zero-order valence-electron chi connectivity index (χ0n) is 19.8. The average Bonchev–Trinajstić information content (AvgIpc) is 2.65. The summed E-state index contributed by atoms with van der Waals surface area (Å²) in [5.41, 5.74) is 0.276. The first-order valence-electron chi connectivity index (χ1n) is 11.2. The molecule has 1 amide bonds. The number of ketones is 2. The summed E-state index contributed by atoms with van der Waals surface area (Å²) >= 11 is 0. The fraction of sp³-hybridized carbons (Fsp3) is 0.640. The van der Waals surface area contributed by atoms with Crippen LogP contribution in [-0.2, 0) is 20.7 Å². The Morgan fingerprint density at radius 1 is 1.06 bits per heavy atom. The molecule has 2 N–H and O–H groups in total. The van der Waals surface area contributed by atoms with E-state index in [4.69, 9.17) is 4.74 Å². The minimum Gasteiger partial charge on any atom is -0.444 e. The summed E-state index contributed by atoms with van der Waals surface area (Å²) in [6.07, 6.45) is -0.0959. The van der Waals surface area contributed by atoms with E-state index in [2.05, 4.69) is 5.32 Å². The number of amides is 1. The van der Waals surface area contributed by atoms with Crippen molar-refractivity contribution >= 4 is 17.7 Å². The lowest BCUT2D eigenvalue weighted by molar-refractivity contribution is -0.131. The van der Waals surface area contributed by atoms with Crippen LogP contribution in [0.25, 0.3) is 0 Å². The Balaban J connectivity index is 3.01. The van der Waals surface area contributed by atoms with Gasteiger partial charge in [0, 0.05) is 18.8 Å². The zero-order valence-corrected chi connectivity index (χ0v) is 19.8. The molecule has 0 fully saturated rings. The molecule has 3 atom stereocenters. The van der Waals surface area contributed by atoms with Crippen LogP contribution in [0.5, 0.6) is 0 Å². The quantitative estimate of drug-likeness (QED) is 0.507. The average molecular weight is 434 g/mol. The maximum Gasteiger partial charge on any atom is 0.408 e. The maximum atomic E-state index is 13.2.